The first kappa shape index (κ1) is 44.2. The number of anilines is 3. The van der Waals surface area contributed by atoms with Crippen LogP contribution in [0, 0.1) is 11.3 Å². The first-order valence-corrected chi connectivity index (χ1v) is 22.9. The Hall–Kier alpha value is -5.97. The van der Waals surface area contributed by atoms with Crippen molar-refractivity contribution in [3.05, 3.63) is 77.9 Å². The van der Waals surface area contributed by atoms with Gasteiger partial charge in [0, 0.05) is 80.2 Å². The Morgan fingerprint density at radius 1 is 0.985 bits per heavy atom. The van der Waals surface area contributed by atoms with Crippen LogP contribution in [-0.4, -0.2) is 120 Å². The summed E-state index contributed by atoms with van der Waals surface area (Å²) in [6.45, 7) is 8.13. The number of hydrogen-bond acceptors (Lipinski definition) is 11. The molecule has 0 bridgehead atoms. The fourth-order valence-corrected chi connectivity index (χ4v) is 10.4. The lowest BCUT2D eigenvalue weighted by atomic mass is 9.60. The van der Waals surface area contributed by atoms with Gasteiger partial charge < -0.3 is 29.7 Å². The summed E-state index contributed by atoms with van der Waals surface area (Å²) >= 11 is 0. The second kappa shape index (κ2) is 17.8. The molecule has 4 amide bonds. The van der Waals surface area contributed by atoms with Gasteiger partial charge in [-0.3, -0.25) is 29.2 Å². The largest absolute Gasteiger partial charge is 0.496 e. The molecule has 1 saturated carbocycles. The van der Waals surface area contributed by atoms with E-state index in [1.165, 1.54) is 23.8 Å². The third kappa shape index (κ3) is 9.16. The summed E-state index contributed by atoms with van der Waals surface area (Å²) in [4.78, 5) is 66.4. The van der Waals surface area contributed by atoms with E-state index >= 15 is 0 Å². The van der Waals surface area contributed by atoms with E-state index in [4.69, 9.17) is 4.74 Å². The van der Waals surface area contributed by atoms with Gasteiger partial charge in [-0.2, -0.15) is 13.9 Å². The standard InChI is InChI=1S/C48H58F2N10O5/c1-30(2)59-29-48(49,50)46(64)56(3)39-27-51-41(53-43(39)59)24-33-5-6-34(23-40(33)65-4)44(62)52-35-25-47(26-35)16-21-57(22-17-47)28-31-13-18-58(19-14-31)36-9-7-32(8-10-36)37-15-20-60(55-37)38-11-12-42(61)54-45(38)63/h5-10,15,20,23,27,30-31,35,38H,11-14,16-19,21-22,24-26,28-29H2,1-4H3,(H,52,62)(H,54,61,63). The van der Waals surface area contributed by atoms with E-state index in [2.05, 4.69) is 59.8 Å². The van der Waals surface area contributed by atoms with Crippen LogP contribution in [0.3, 0.4) is 0 Å². The Kier molecular flexibility index (Phi) is 12.1. The molecule has 4 aromatic rings. The van der Waals surface area contributed by atoms with Gasteiger partial charge in [0.25, 0.3) is 17.7 Å². The lowest BCUT2D eigenvalue weighted by molar-refractivity contribution is -0.140. The number of likely N-dealkylation sites (tertiary alicyclic amines) is 1. The number of halogens is 2. The molecule has 2 aromatic heterocycles. The van der Waals surface area contributed by atoms with Crippen molar-refractivity contribution in [3.8, 4) is 17.0 Å². The minimum Gasteiger partial charge on any atom is -0.496 e. The normalized spacial score (nSPS) is 21.6. The molecule has 4 fully saturated rings. The van der Waals surface area contributed by atoms with Gasteiger partial charge in [0.05, 0.1) is 25.5 Å². The van der Waals surface area contributed by atoms with Crippen LogP contribution in [0.5, 0.6) is 5.75 Å². The summed E-state index contributed by atoms with van der Waals surface area (Å²) in [5.41, 5.74) is 4.75. The number of ether oxygens (including phenoxy) is 1. The molecule has 4 aliphatic heterocycles. The molecule has 2 N–H and O–H groups in total. The first-order chi connectivity index (χ1) is 31.2. The number of nitrogens with one attached hydrogen (secondary N) is 2. The molecule has 15 nitrogen and oxygen atoms in total. The Morgan fingerprint density at radius 2 is 1.72 bits per heavy atom. The predicted octanol–water partition coefficient (Wildman–Crippen LogP) is 5.63. The van der Waals surface area contributed by atoms with Crippen LogP contribution in [0.1, 0.15) is 93.0 Å². The van der Waals surface area contributed by atoms with Crippen molar-refractivity contribution in [3.63, 3.8) is 0 Å². The highest BCUT2D eigenvalue weighted by atomic mass is 19.3. The lowest BCUT2D eigenvalue weighted by Crippen LogP contribution is -2.55. The van der Waals surface area contributed by atoms with Gasteiger partial charge in [-0.1, -0.05) is 18.2 Å². The van der Waals surface area contributed by atoms with Gasteiger partial charge in [0.2, 0.25) is 5.91 Å². The molecule has 6 heterocycles. The number of imide groups is 1. The number of aromatic nitrogens is 4. The van der Waals surface area contributed by atoms with Gasteiger partial charge in [0.1, 0.15) is 23.3 Å². The quantitative estimate of drug-likeness (QED) is 0.180. The van der Waals surface area contributed by atoms with Crippen LogP contribution < -0.4 is 30.1 Å². The molecular weight excluding hydrogens is 835 g/mol. The van der Waals surface area contributed by atoms with E-state index in [0.717, 1.165) is 93.0 Å². The summed E-state index contributed by atoms with van der Waals surface area (Å²) in [5.74, 6) is -3.73. The molecule has 344 valence electrons. The third-order valence-electron chi connectivity index (χ3n) is 14.3. The SMILES string of the molecule is COc1cc(C(=O)NC2CC3(CCN(CC4CCN(c5ccc(-c6ccn(C7CCC(=O)NC7=O)n6)cc5)CC4)CC3)C2)ccc1Cc1ncc2c(n1)N(C(C)C)CC(F)(F)C(=O)N2C. The Balaban J connectivity index is 0.716. The minimum absolute atomic E-state index is 0.127. The fraction of sp³-hybridized carbons (Fsp3) is 0.521. The highest BCUT2D eigenvalue weighted by Gasteiger charge is 2.48. The molecule has 1 aliphatic carbocycles. The zero-order valence-corrected chi connectivity index (χ0v) is 37.6. The number of hydrogen-bond donors (Lipinski definition) is 2. The van der Waals surface area contributed by atoms with Gasteiger partial charge in [-0.05, 0) is 114 Å². The molecule has 0 radical (unpaired) electrons. The molecule has 3 saturated heterocycles. The number of carbonyl (C=O) groups is 4. The number of methoxy groups -OCH3 is 1. The minimum atomic E-state index is -3.57. The highest BCUT2D eigenvalue weighted by molar-refractivity contribution is 6.02. The summed E-state index contributed by atoms with van der Waals surface area (Å²) in [7, 11) is 2.85. The fourth-order valence-electron chi connectivity index (χ4n) is 10.4. The molecule has 1 unspecified atom stereocenters. The monoisotopic (exact) mass is 892 g/mol. The third-order valence-corrected chi connectivity index (χ3v) is 14.3. The van der Waals surface area contributed by atoms with E-state index in [1.807, 2.05) is 18.3 Å². The van der Waals surface area contributed by atoms with Crippen LogP contribution in [0.25, 0.3) is 11.3 Å². The smallest absolute Gasteiger partial charge is 0.342 e. The zero-order chi connectivity index (χ0) is 45.6. The number of piperidine rings is 3. The molecular formula is C48H58F2N10O5. The zero-order valence-electron chi connectivity index (χ0n) is 37.6. The van der Waals surface area contributed by atoms with Crippen molar-refractivity contribution in [2.75, 3.05) is 68.1 Å². The second-order valence-electron chi connectivity index (χ2n) is 19.0. The summed E-state index contributed by atoms with van der Waals surface area (Å²) in [6.07, 6.45) is 10.8. The van der Waals surface area contributed by atoms with E-state index in [9.17, 15) is 28.0 Å². The predicted molar refractivity (Wildman–Crippen MR) is 241 cm³/mol. The van der Waals surface area contributed by atoms with Crippen molar-refractivity contribution in [1.82, 2.24) is 35.3 Å². The average Bonchev–Trinajstić information content (AvgIpc) is 3.76. The van der Waals surface area contributed by atoms with Crippen LogP contribution >= 0.6 is 0 Å². The van der Waals surface area contributed by atoms with Gasteiger partial charge in [0.15, 0.2) is 5.82 Å². The summed E-state index contributed by atoms with van der Waals surface area (Å²) in [6, 6.07) is 15.0. The molecule has 9 rings (SSSR count). The highest BCUT2D eigenvalue weighted by Crippen LogP contribution is 2.49. The van der Waals surface area contributed by atoms with Crippen LogP contribution in [0.4, 0.5) is 26.0 Å². The average molecular weight is 893 g/mol. The Labute approximate surface area is 377 Å². The Bertz CT molecular complexity index is 2440. The van der Waals surface area contributed by atoms with Crippen LogP contribution in [0.15, 0.2) is 60.9 Å². The molecule has 1 atom stereocenters. The number of alkyl halides is 2. The number of amides is 4. The molecule has 5 aliphatic rings. The maximum absolute atomic E-state index is 14.8. The molecule has 65 heavy (non-hydrogen) atoms. The summed E-state index contributed by atoms with van der Waals surface area (Å²) in [5, 5.41) is 10.3. The second-order valence-corrected chi connectivity index (χ2v) is 19.0. The molecule has 1 spiro atoms. The maximum Gasteiger partial charge on any atom is 0.342 e. The molecule has 17 heteroatoms. The number of benzene rings is 2. The van der Waals surface area contributed by atoms with Gasteiger partial charge >= 0.3 is 5.92 Å². The van der Waals surface area contributed by atoms with Crippen molar-refractivity contribution in [1.29, 1.82) is 0 Å². The van der Waals surface area contributed by atoms with Crippen LogP contribution in [-0.2, 0) is 20.8 Å². The number of fused-ring (bicyclic) bond motifs is 1. The van der Waals surface area contributed by atoms with E-state index in [-0.39, 0.29) is 53.1 Å². The number of carbonyl (C=O) groups excluding carboxylic acids is 4. The van der Waals surface area contributed by atoms with E-state index in [0.29, 0.717) is 35.9 Å². The van der Waals surface area contributed by atoms with Crippen molar-refractivity contribution < 1.29 is 32.7 Å². The number of nitrogens with zero attached hydrogens (tertiary/aromatic N) is 8. The Morgan fingerprint density at radius 3 is 2.42 bits per heavy atom. The maximum atomic E-state index is 14.8. The summed E-state index contributed by atoms with van der Waals surface area (Å²) < 4.78 is 37.0. The van der Waals surface area contributed by atoms with Crippen LogP contribution in [0.2, 0.25) is 0 Å². The first-order valence-electron chi connectivity index (χ1n) is 22.9. The van der Waals surface area contributed by atoms with Crippen molar-refractivity contribution >= 4 is 40.8 Å². The van der Waals surface area contributed by atoms with Crippen molar-refractivity contribution in [2.24, 2.45) is 11.3 Å². The van der Waals surface area contributed by atoms with E-state index < -0.39 is 24.4 Å². The van der Waals surface area contributed by atoms with Gasteiger partial charge in [-0.15, -0.1) is 0 Å². The molecule has 2 aromatic carbocycles. The van der Waals surface area contributed by atoms with Gasteiger partial charge in [-0.25, -0.2) is 9.97 Å². The van der Waals surface area contributed by atoms with E-state index in [1.54, 1.807) is 37.8 Å². The number of rotatable bonds is 11. The topological polar surface area (TPSA) is 158 Å². The lowest BCUT2D eigenvalue weighted by Gasteiger charge is -2.52. The van der Waals surface area contributed by atoms with Crippen molar-refractivity contribution in [2.45, 2.75) is 95.7 Å².